The highest BCUT2D eigenvalue weighted by atomic mass is 16.3. The van der Waals surface area contributed by atoms with E-state index in [0.717, 1.165) is 132 Å². The number of para-hydroxylation sites is 4. The minimum atomic E-state index is 0.530. The smallest absolute Gasteiger partial charge is 0.166 e. The largest absolute Gasteiger partial charge is 0.456 e. The van der Waals surface area contributed by atoms with Gasteiger partial charge in [-0.3, -0.25) is 0 Å². The van der Waals surface area contributed by atoms with E-state index in [9.17, 15) is 0 Å². The van der Waals surface area contributed by atoms with Gasteiger partial charge in [-0.25, -0.2) is 15.0 Å². The van der Waals surface area contributed by atoms with Crippen molar-refractivity contribution >= 4 is 109 Å². The van der Waals surface area contributed by atoms with Crippen LogP contribution in [-0.2, 0) is 0 Å². The van der Waals surface area contributed by atoms with E-state index < -0.39 is 0 Å². The van der Waals surface area contributed by atoms with Gasteiger partial charge in [0.2, 0.25) is 0 Å². The van der Waals surface area contributed by atoms with Crippen LogP contribution in [0.4, 0.5) is 0 Å². The molecule has 0 N–H and O–H groups in total. The third-order valence-electron chi connectivity index (χ3n) is 14.7. The van der Waals surface area contributed by atoms with Gasteiger partial charge in [0.1, 0.15) is 22.3 Å². The van der Waals surface area contributed by atoms with Crippen molar-refractivity contribution in [3.8, 4) is 45.5 Å². The predicted octanol–water partition coefficient (Wildman–Crippen LogP) is 17.2. The number of aromatic nitrogens is 5. The Morgan fingerprint density at radius 2 is 0.806 bits per heavy atom. The summed E-state index contributed by atoms with van der Waals surface area (Å²) in [6.07, 6.45) is 0. The average Bonchev–Trinajstić information content (AvgIpc) is 4.19. The van der Waals surface area contributed by atoms with E-state index in [1.165, 1.54) is 5.39 Å². The fourth-order valence-electron chi connectivity index (χ4n) is 11.6. The highest BCUT2D eigenvalue weighted by Crippen LogP contribution is 2.46. The lowest BCUT2D eigenvalue weighted by Crippen LogP contribution is -2.04. The van der Waals surface area contributed by atoms with E-state index >= 15 is 0 Å². The van der Waals surface area contributed by atoms with Gasteiger partial charge in [0, 0.05) is 60.1 Å². The van der Waals surface area contributed by atoms with Gasteiger partial charge in [0.05, 0.1) is 33.1 Å². The molecule has 5 aromatic heterocycles. The Kier molecular flexibility index (Phi) is 8.04. The molecule has 0 bridgehead atoms. The summed E-state index contributed by atoms with van der Waals surface area (Å²) in [5.41, 5.74) is 12.0. The first kappa shape index (κ1) is 39.0. The Morgan fingerprint density at radius 1 is 0.278 bits per heavy atom. The molecule has 334 valence electrons. The third kappa shape index (κ3) is 5.58. The highest BCUT2D eigenvalue weighted by Gasteiger charge is 2.27. The van der Waals surface area contributed by atoms with E-state index in [4.69, 9.17) is 23.8 Å². The molecule has 0 saturated carbocycles. The van der Waals surface area contributed by atoms with Crippen LogP contribution in [0.5, 0.6) is 0 Å². The molecule has 0 aliphatic rings. The summed E-state index contributed by atoms with van der Waals surface area (Å²) in [6.45, 7) is 0. The summed E-state index contributed by atoms with van der Waals surface area (Å²) in [5, 5.41) is 13.0. The van der Waals surface area contributed by atoms with E-state index in [-0.39, 0.29) is 0 Å². The van der Waals surface area contributed by atoms with Gasteiger partial charge in [0.25, 0.3) is 0 Å². The van der Waals surface area contributed by atoms with Crippen molar-refractivity contribution in [2.24, 2.45) is 0 Å². The van der Waals surface area contributed by atoms with Crippen molar-refractivity contribution in [1.82, 2.24) is 24.1 Å². The lowest BCUT2D eigenvalue weighted by molar-refractivity contribution is 0.668. The quantitative estimate of drug-likeness (QED) is 0.172. The first-order valence-electron chi connectivity index (χ1n) is 24.3. The average molecular weight is 920 g/mol. The van der Waals surface area contributed by atoms with E-state index in [1.807, 2.05) is 24.3 Å². The zero-order chi connectivity index (χ0) is 47.0. The van der Waals surface area contributed by atoms with Crippen LogP contribution in [-0.4, -0.2) is 24.1 Å². The van der Waals surface area contributed by atoms with Crippen molar-refractivity contribution in [2.75, 3.05) is 0 Å². The number of benzene rings is 11. The van der Waals surface area contributed by atoms with E-state index in [1.54, 1.807) is 0 Å². The number of nitrogens with zero attached hydrogens (tertiary/aromatic N) is 5. The van der Waals surface area contributed by atoms with Crippen LogP contribution in [0.15, 0.2) is 233 Å². The molecule has 72 heavy (non-hydrogen) atoms. The molecule has 0 saturated heterocycles. The molecule has 0 aliphatic heterocycles. The van der Waals surface area contributed by atoms with Gasteiger partial charge in [0.15, 0.2) is 17.5 Å². The lowest BCUT2D eigenvalue weighted by atomic mass is 10.0. The summed E-state index contributed by atoms with van der Waals surface area (Å²) in [6, 6.07) is 79.0. The molecule has 0 atom stereocenters. The standard InChI is InChI=1S/C65H37N5O2/c1-2-20-42(21-3-1)69-52-28-12-9-23-44(52)59-46(25-14-29-53(59)69)63-66-64(47-26-15-31-56-60(47)45-24-10-13-30-55(45)71-56)68-65(67-63)48-32-33-57-61(50-35-39-17-5-7-19-41(39)37-58(50)72-57)62(48)70-51-27-11-8-22-43(51)49-34-38-16-4-6-18-40(38)36-54(49)70/h1-37H. The minimum absolute atomic E-state index is 0.530. The molecule has 16 aromatic rings. The second-order valence-corrected chi connectivity index (χ2v) is 18.7. The molecule has 0 unspecified atom stereocenters. The van der Waals surface area contributed by atoms with Crippen molar-refractivity contribution in [3.63, 3.8) is 0 Å². The Balaban J connectivity index is 1.07. The molecule has 0 aliphatic carbocycles. The molecule has 7 nitrogen and oxygen atoms in total. The first-order chi connectivity index (χ1) is 35.7. The topological polar surface area (TPSA) is 74.8 Å². The zero-order valence-electron chi connectivity index (χ0n) is 38.4. The summed E-state index contributed by atoms with van der Waals surface area (Å²) in [4.78, 5) is 16.8. The van der Waals surface area contributed by atoms with Gasteiger partial charge in [-0.1, -0.05) is 146 Å². The van der Waals surface area contributed by atoms with Gasteiger partial charge >= 0.3 is 0 Å². The van der Waals surface area contributed by atoms with Crippen molar-refractivity contribution in [1.29, 1.82) is 0 Å². The second-order valence-electron chi connectivity index (χ2n) is 18.7. The molecule has 0 spiro atoms. The molecule has 11 aromatic carbocycles. The number of hydrogen-bond donors (Lipinski definition) is 0. The van der Waals surface area contributed by atoms with Crippen LogP contribution in [0.1, 0.15) is 0 Å². The Bertz CT molecular complexity index is 4940. The van der Waals surface area contributed by atoms with Gasteiger partial charge in [-0.15, -0.1) is 0 Å². The van der Waals surface area contributed by atoms with Gasteiger partial charge < -0.3 is 18.0 Å². The number of fused-ring (bicyclic) bond motifs is 14. The molecule has 5 heterocycles. The molecule has 7 heteroatoms. The number of hydrogen-bond acceptors (Lipinski definition) is 5. The summed E-state index contributed by atoms with van der Waals surface area (Å²) in [5.74, 6) is 1.63. The molecule has 0 amide bonds. The van der Waals surface area contributed by atoms with Gasteiger partial charge in [-0.05, 0) is 100 Å². The fourth-order valence-corrected chi connectivity index (χ4v) is 11.6. The van der Waals surface area contributed by atoms with Crippen molar-refractivity contribution in [3.05, 3.63) is 224 Å². The SMILES string of the molecule is c1ccc(-n2c3ccccc3c3c(-c4nc(-c5ccc6oc7cc8ccccc8cc7c6c5-n5c6ccccc6c6cc7ccccc7cc65)nc(-c5cccc6oc7ccccc7c56)n4)cccc32)cc1. The first-order valence-corrected chi connectivity index (χ1v) is 24.3. The molecule has 16 rings (SSSR count). The van der Waals surface area contributed by atoms with E-state index in [0.29, 0.717) is 17.5 Å². The summed E-state index contributed by atoms with van der Waals surface area (Å²) < 4.78 is 18.1. The van der Waals surface area contributed by atoms with Crippen LogP contribution in [0.3, 0.4) is 0 Å². The predicted molar refractivity (Wildman–Crippen MR) is 294 cm³/mol. The maximum Gasteiger partial charge on any atom is 0.166 e. The van der Waals surface area contributed by atoms with E-state index in [2.05, 4.69) is 209 Å². The Hall–Kier alpha value is -9.85. The molecule has 0 fully saturated rings. The van der Waals surface area contributed by atoms with Crippen molar-refractivity contribution in [2.45, 2.75) is 0 Å². The Morgan fingerprint density at radius 3 is 1.57 bits per heavy atom. The van der Waals surface area contributed by atoms with Crippen LogP contribution in [0.25, 0.3) is 155 Å². The minimum Gasteiger partial charge on any atom is -0.456 e. The molecular weight excluding hydrogens is 883 g/mol. The summed E-state index contributed by atoms with van der Waals surface area (Å²) in [7, 11) is 0. The number of furan rings is 2. The Labute approximate surface area is 410 Å². The van der Waals surface area contributed by atoms with Crippen molar-refractivity contribution < 1.29 is 8.83 Å². The van der Waals surface area contributed by atoms with Crippen LogP contribution >= 0.6 is 0 Å². The van der Waals surface area contributed by atoms with Gasteiger partial charge in [-0.2, -0.15) is 0 Å². The maximum atomic E-state index is 6.90. The second kappa shape index (κ2) is 14.8. The molecule has 0 radical (unpaired) electrons. The third-order valence-corrected chi connectivity index (χ3v) is 14.7. The molecular formula is C65H37N5O2. The highest BCUT2D eigenvalue weighted by molar-refractivity contribution is 6.20. The zero-order valence-corrected chi connectivity index (χ0v) is 38.4. The van der Waals surface area contributed by atoms with Crippen LogP contribution in [0.2, 0.25) is 0 Å². The monoisotopic (exact) mass is 919 g/mol. The fraction of sp³-hybridized carbons (Fsp3) is 0. The number of rotatable bonds is 5. The van der Waals surface area contributed by atoms with Crippen LogP contribution in [0, 0.1) is 0 Å². The normalized spacial score (nSPS) is 12.2. The lowest BCUT2D eigenvalue weighted by Gasteiger charge is -2.16. The maximum absolute atomic E-state index is 6.90. The summed E-state index contributed by atoms with van der Waals surface area (Å²) >= 11 is 0. The van der Waals surface area contributed by atoms with Crippen LogP contribution < -0.4 is 0 Å².